The topological polar surface area (TPSA) is 84.9 Å². The molecule has 2 aromatic rings. The van der Waals surface area contributed by atoms with Gasteiger partial charge in [0.15, 0.2) is 11.5 Å². The van der Waals surface area contributed by atoms with Crippen LogP contribution < -0.4 is 19.7 Å². The third kappa shape index (κ3) is 2.97. The normalized spacial score (nSPS) is 17.5. The molecule has 0 unspecified atom stereocenters. The summed E-state index contributed by atoms with van der Waals surface area (Å²) in [6, 6.07) is 9.54. The van der Waals surface area contributed by atoms with Crippen LogP contribution in [0, 0.1) is 6.92 Å². The number of ether oxygens (including phenoxy) is 2. The molecular formula is C19H13BrN2O5. The van der Waals surface area contributed by atoms with Gasteiger partial charge in [-0.25, -0.2) is 9.69 Å². The van der Waals surface area contributed by atoms with Gasteiger partial charge >= 0.3 is 6.03 Å². The molecule has 1 N–H and O–H groups in total. The Balaban J connectivity index is 1.77. The molecule has 0 bridgehead atoms. The van der Waals surface area contributed by atoms with Crippen molar-refractivity contribution < 1.29 is 23.9 Å². The molecule has 0 radical (unpaired) electrons. The molecule has 1 saturated heterocycles. The maximum atomic E-state index is 13.0. The minimum absolute atomic E-state index is 0.108. The van der Waals surface area contributed by atoms with E-state index in [0.29, 0.717) is 27.2 Å². The van der Waals surface area contributed by atoms with Crippen molar-refractivity contribution >= 4 is 45.5 Å². The lowest BCUT2D eigenvalue weighted by Gasteiger charge is -2.27. The van der Waals surface area contributed by atoms with Crippen LogP contribution >= 0.6 is 15.9 Å². The molecule has 2 aromatic carbocycles. The Kier molecular flexibility index (Phi) is 4.19. The van der Waals surface area contributed by atoms with Crippen molar-refractivity contribution in [3.63, 3.8) is 0 Å². The number of imide groups is 2. The van der Waals surface area contributed by atoms with Crippen LogP contribution in [0.25, 0.3) is 6.08 Å². The summed E-state index contributed by atoms with van der Waals surface area (Å²) in [6.45, 7) is 1.89. The summed E-state index contributed by atoms with van der Waals surface area (Å²) in [4.78, 5) is 38.5. The number of hydrogen-bond acceptors (Lipinski definition) is 5. The maximum Gasteiger partial charge on any atom is 0.335 e. The number of halogens is 1. The molecule has 7 nitrogen and oxygen atoms in total. The van der Waals surface area contributed by atoms with E-state index in [9.17, 15) is 14.4 Å². The van der Waals surface area contributed by atoms with Gasteiger partial charge in [0, 0.05) is 4.47 Å². The number of carbonyl (C=O) groups excluding carboxylic acids is 3. The van der Waals surface area contributed by atoms with E-state index < -0.39 is 17.8 Å². The van der Waals surface area contributed by atoms with Gasteiger partial charge < -0.3 is 9.47 Å². The summed E-state index contributed by atoms with van der Waals surface area (Å²) < 4.78 is 11.3. The monoisotopic (exact) mass is 428 g/mol. The lowest BCUT2D eigenvalue weighted by Crippen LogP contribution is -2.54. The SMILES string of the molecule is Cc1ccccc1N1C(=O)NC(=O)/C(=C/c2cc3c(cc2Br)OCO3)C1=O. The fourth-order valence-electron chi connectivity index (χ4n) is 2.89. The molecule has 8 heteroatoms. The number of barbiturate groups is 1. The molecule has 2 aliphatic heterocycles. The first kappa shape index (κ1) is 17.3. The Morgan fingerprint density at radius 2 is 1.81 bits per heavy atom. The van der Waals surface area contributed by atoms with Crippen molar-refractivity contribution in [1.82, 2.24) is 5.32 Å². The number of urea groups is 1. The fraction of sp³-hybridized carbons (Fsp3) is 0.105. The maximum absolute atomic E-state index is 13.0. The lowest BCUT2D eigenvalue weighted by atomic mass is 10.1. The minimum Gasteiger partial charge on any atom is -0.454 e. The molecule has 1 fully saturated rings. The van der Waals surface area contributed by atoms with Crippen LogP contribution in [0.4, 0.5) is 10.5 Å². The zero-order chi connectivity index (χ0) is 19.1. The van der Waals surface area contributed by atoms with Crippen molar-refractivity contribution in [2.75, 3.05) is 11.7 Å². The van der Waals surface area contributed by atoms with Crippen LogP contribution in [-0.2, 0) is 9.59 Å². The molecule has 4 amide bonds. The average molecular weight is 429 g/mol. The number of para-hydroxylation sites is 1. The minimum atomic E-state index is -0.777. The number of aryl methyl sites for hydroxylation is 1. The molecule has 27 heavy (non-hydrogen) atoms. The van der Waals surface area contributed by atoms with Crippen LogP contribution in [0.3, 0.4) is 0 Å². The predicted molar refractivity (Wildman–Crippen MR) is 100 cm³/mol. The second kappa shape index (κ2) is 6.55. The summed E-state index contributed by atoms with van der Waals surface area (Å²) in [7, 11) is 0. The van der Waals surface area contributed by atoms with Gasteiger partial charge in [0.1, 0.15) is 5.57 Å². The summed E-state index contributed by atoms with van der Waals surface area (Å²) >= 11 is 3.40. The van der Waals surface area contributed by atoms with E-state index in [0.717, 1.165) is 10.5 Å². The van der Waals surface area contributed by atoms with Crippen molar-refractivity contribution in [1.29, 1.82) is 0 Å². The number of hydrogen-bond donors (Lipinski definition) is 1. The molecule has 2 heterocycles. The van der Waals surface area contributed by atoms with Gasteiger partial charge in [-0.15, -0.1) is 0 Å². The number of benzene rings is 2. The van der Waals surface area contributed by atoms with E-state index in [1.165, 1.54) is 6.08 Å². The molecule has 0 saturated carbocycles. The smallest absolute Gasteiger partial charge is 0.335 e. The first-order valence-corrected chi connectivity index (χ1v) is 8.81. The van der Waals surface area contributed by atoms with Crippen LogP contribution in [0.5, 0.6) is 11.5 Å². The lowest BCUT2D eigenvalue weighted by molar-refractivity contribution is -0.122. The van der Waals surface area contributed by atoms with Crippen LogP contribution in [-0.4, -0.2) is 24.6 Å². The van der Waals surface area contributed by atoms with E-state index in [-0.39, 0.29) is 12.4 Å². The largest absolute Gasteiger partial charge is 0.454 e. The Bertz CT molecular complexity index is 1030. The van der Waals surface area contributed by atoms with E-state index in [1.807, 2.05) is 0 Å². The molecule has 0 aliphatic carbocycles. The Labute approximate surface area is 162 Å². The van der Waals surface area contributed by atoms with Crippen molar-refractivity contribution in [3.05, 3.63) is 57.6 Å². The Morgan fingerprint density at radius 1 is 1.11 bits per heavy atom. The highest BCUT2D eigenvalue weighted by Crippen LogP contribution is 2.38. The van der Waals surface area contributed by atoms with Gasteiger partial charge in [0.2, 0.25) is 6.79 Å². The fourth-order valence-corrected chi connectivity index (χ4v) is 3.33. The standard InChI is InChI=1S/C19H13BrN2O5/c1-10-4-2-3-5-14(10)22-18(24)12(17(23)21-19(22)25)6-11-7-15-16(8-13(11)20)27-9-26-15/h2-8H,9H2,1H3,(H,21,23,25)/b12-6-. The summed E-state index contributed by atoms with van der Waals surface area (Å²) in [5.74, 6) is -0.359. The van der Waals surface area contributed by atoms with Gasteiger partial charge in [-0.1, -0.05) is 34.1 Å². The molecule has 0 aromatic heterocycles. The Morgan fingerprint density at radius 3 is 2.56 bits per heavy atom. The zero-order valence-corrected chi connectivity index (χ0v) is 15.7. The van der Waals surface area contributed by atoms with E-state index in [2.05, 4.69) is 21.2 Å². The molecule has 0 spiro atoms. The quantitative estimate of drug-likeness (QED) is 0.586. The van der Waals surface area contributed by atoms with Crippen molar-refractivity contribution in [2.24, 2.45) is 0 Å². The highest BCUT2D eigenvalue weighted by atomic mass is 79.9. The summed E-state index contributed by atoms with van der Waals surface area (Å²) in [5, 5.41) is 2.22. The first-order chi connectivity index (χ1) is 13.0. The molecule has 4 rings (SSSR count). The van der Waals surface area contributed by atoms with E-state index in [1.54, 1.807) is 43.3 Å². The number of rotatable bonds is 2. The van der Waals surface area contributed by atoms with E-state index in [4.69, 9.17) is 9.47 Å². The highest BCUT2D eigenvalue weighted by Gasteiger charge is 2.37. The summed E-state index contributed by atoms with van der Waals surface area (Å²) in [5.41, 5.74) is 1.55. The number of nitrogens with one attached hydrogen (secondary N) is 1. The van der Waals surface area contributed by atoms with Crippen molar-refractivity contribution in [3.8, 4) is 11.5 Å². The summed E-state index contributed by atoms with van der Waals surface area (Å²) in [6.07, 6.45) is 1.42. The van der Waals surface area contributed by atoms with Gasteiger partial charge in [0.25, 0.3) is 11.8 Å². The molecular weight excluding hydrogens is 416 g/mol. The first-order valence-electron chi connectivity index (χ1n) is 8.02. The number of nitrogens with zero attached hydrogens (tertiary/aromatic N) is 1. The third-order valence-electron chi connectivity index (χ3n) is 4.25. The van der Waals surface area contributed by atoms with Crippen LogP contribution in [0.2, 0.25) is 0 Å². The number of fused-ring (bicyclic) bond motifs is 1. The number of amides is 4. The average Bonchev–Trinajstić information content (AvgIpc) is 3.07. The number of anilines is 1. The van der Waals surface area contributed by atoms with E-state index >= 15 is 0 Å². The van der Waals surface area contributed by atoms with Gasteiger partial charge in [-0.05, 0) is 42.3 Å². The molecule has 2 aliphatic rings. The predicted octanol–water partition coefficient (Wildman–Crippen LogP) is 3.15. The molecule has 136 valence electrons. The van der Waals surface area contributed by atoms with Gasteiger partial charge in [0.05, 0.1) is 5.69 Å². The van der Waals surface area contributed by atoms with Gasteiger partial charge in [-0.2, -0.15) is 0 Å². The van der Waals surface area contributed by atoms with Crippen molar-refractivity contribution in [2.45, 2.75) is 6.92 Å². The van der Waals surface area contributed by atoms with Gasteiger partial charge in [-0.3, -0.25) is 14.9 Å². The van der Waals surface area contributed by atoms with Crippen LogP contribution in [0.15, 0.2) is 46.4 Å². The molecule has 0 atom stereocenters. The second-order valence-corrected chi connectivity index (χ2v) is 6.83. The highest BCUT2D eigenvalue weighted by molar-refractivity contribution is 9.10. The Hall–Kier alpha value is -3.13. The van der Waals surface area contributed by atoms with Crippen LogP contribution in [0.1, 0.15) is 11.1 Å². The zero-order valence-electron chi connectivity index (χ0n) is 14.1. The second-order valence-electron chi connectivity index (χ2n) is 5.97. The third-order valence-corrected chi connectivity index (χ3v) is 4.94. The number of carbonyl (C=O) groups is 3.